The first-order chi connectivity index (χ1) is 14.5. The van der Waals surface area contributed by atoms with Crippen molar-refractivity contribution in [3.05, 3.63) is 53.9 Å². The van der Waals surface area contributed by atoms with E-state index in [0.717, 1.165) is 24.1 Å². The monoisotopic (exact) mass is 458 g/mol. The fourth-order valence-corrected chi connectivity index (χ4v) is 3.62. The van der Waals surface area contributed by atoms with Crippen molar-refractivity contribution in [2.75, 3.05) is 6.67 Å². The number of carbonyl (C=O) groups excluding carboxylic acids is 1. The summed E-state index contributed by atoms with van der Waals surface area (Å²) in [7, 11) is -5.38. The molecule has 3 rings (SSSR count). The van der Waals surface area contributed by atoms with Gasteiger partial charge in [-0.3, -0.25) is 14.3 Å². The summed E-state index contributed by atoms with van der Waals surface area (Å²) in [6.07, 6.45) is -1.85. The zero-order valence-corrected chi connectivity index (χ0v) is 17.0. The Morgan fingerprint density at radius 1 is 1.26 bits per heavy atom. The Bertz CT molecular complexity index is 965. The molecule has 1 heterocycles. The number of amides is 1. The van der Waals surface area contributed by atoms with Gasteiger partial charge in [0.25, 0.3) is 13.7 Å². The van der Waals surface area contributed by atoms with Crippen LogP contribution in [-0.2, 0) is 19.4 Å². The molecule has 1 aromatic heterocycles. The number of alkyl halides is 3. The van der Waals surface area contributed by atoms with Crippen LogP contribution in [-0.4, -0.2) is 34.9 Å². The van der Waals surface area contributed by atoms with E-state index in [0.29, 0.717) is 5.56 Å². The van der Waals surface area contributed by atoms with Gasteiger partial charge in [0.05, 0.1) is 17.3 Å². The lowest BCUT2D eigenvalue weighted by atomic mass is 9.99. The summed E-state index contributed by atoms with van der Waals surface area (Å²) in [6, 6.07) is 7.68. The topological polar surface area (TPSA) is 138 Å². The van der Waals surface area contributed by atoms with Crippen molar-refractivity contribution in [3.63, 3.8) is 0 Å². The van der Waals surface area contributed by atoms with Gasteiger partial charge >= 0.3 is 6.43 Å². The molecule has 1 aliphatic carbocycles. The van der Waals surface area contributed by atoms with Crippen molar-refractivity contribution in [1.29, 1.82) is 0 Å². The highest BCUT2D eigenvalue weighted by atomic mass is 31.2. The van der Waals surface area contributed by atoms with Crippen LogP contribution in [0.15, 0.2) is 42.6 Å². The van der Waals surface area contributed by atoms with Gasteiger partial charge in [-0.1, -0.05) is 30.3 Å². The van der Waals surface area contributed by atoms with Gasteiger partial charge in [0.2, 0.25) is 0 Å². The number of nitrogens with zero attached hydrogens (tertiary/aromatic N) is 1. The van der Waals surface area contributed by atoms with Gasteiger partial charge in [-0.15, -0.1) is 0 Å². The van der Waals surface area contributed by atoms with Gasteiger partial charge in [0.15, 0.2) is 0 Å². The third-order valence-corrected chi connectivity index (χ3v) is 5.43. The number of benzene rings is 1. The summed E-state index contributed by atoms with van der Waals surface area (Å²) in [5.41, 5.74) is 7.93. The number of hydrogen-bond acceptors (Lipinski definition) is 6. The van der Waals surface area contributed by atoms with Crippen LogP contribution in [0.1, 0.15) is 30.2 Å². The van der Waals surface area contributed by atoms with Gasteiger partial charge in [0.1, 0.15) is 12.8 Å². The quantitative estimate of drug-likeness (QED) is 0.488. The smallest absolute Gasteiger partial charge is 0.315 e. The Hall–Kier alpha value is -2.30. The molecule has 0 radical (unpaired) electrons. The van der Waals surface area contributed by atoms with Crippen molar-refractivity contribution in [2.24, 2.45) is 5.73 Å². The van der Waals surface area contributed by atoms with Crippen molar-refractivity contribution < 1.29 is 36.8 Å². The van der Waals surface area contributed by atoms with Crippen LogP contribution in [0.4, 0.5) is 13.2 Å². The lowest BCUT2D eigenvalue weighted by Crippen LogP contribution is -2.44. The summed E-state index contributed by atoms with van der Waals surface area (Å²) in [6.45, 7) is -1.42. The standard InChI is InChI=1S/C19H21F3N3O5P/c20-9-14(25-18(26)17(21)22)16(30-31(27,28)29)12-3-1-11(2-4-12)13-5-6-15(24-10-13)19(23)7-8-19/h1-6,10,14,16-17H,7-9,23H2,(H,25,26)(H2,27,28,29)/p-1/t14-,16-/m1/s1. The van der Waals surface area contributed by atoms with E-state index in [9.17, 15) is 27.4 Å². The van der Waals surface area contributed by atoms with E-state index in [-0.39, 0.29) is 11.1 Å². The predicted octanol–water partition coefficient (Wildman–Crippen LogP) is 1.93. The van der Waals surface area contributed by atoms with Crippen molar-refractivity contribution in [3.8, 4) is 11.1 Å². The zero-order chi connectivity index (χ0) is 22.8. The Morgan fingerprint density at radius 2 is 1.87 bits per heavy atom. The normalized spacial score (nSPS) is 18.8. The molecule has 1 aliphatic rings. The van der Waals surface area contributed by atoms with Crippen molar-refractivity contribution >= 4 is 13.7 Å². The van der Waals surface area contributed by atoms with Crippen molar-refractivity contribution in [2.45, 2.75) is 37.0 Å². The second-order valence-electron chi connectivity index (χ2n) is 7.27. The van der Waals surface area contributed by atoms with Crippen LogP contribution < -0.4 is 15.9 Å². The van der Waals surface area contributed by atoms with Gasteiger partial charge in [0, 0.05) is 11.8 Å². The van der Waals surface area contributed by atoms with Crippen LogP contribution in [0, 0.1) is 0 Å². The number of hydrogen-bond donors (Lipinski definition) is 3. The zero-order valence-electron chi connectivity index (χ0n) is 16.1. The lowest BCUT2D eigenvalue weighted by molar-refractivity contribution is -0.225. The summed E-state index contributed by atoms with van der Waals surface area (Å²) >= 11 is 0. The van der Waals surface area contributed by atoms with Crippen LogP contribution in [0.5, 0.6) is 0 Å². The van der Waals surface area contributed by atoms with Crippen LogP contribution in [0.2, 0.25) is 0 Å². The molecule has 2 aromatic rings. The Labute approximate surface area is 175 Å². The molecule has 8 nitrogen and oxygen atoms in total. The Balaban J connectivity index is 1.84. The number of nitrogens with one attached hydrogen (secondary N) is 1. The Kier molecular flexibility index (Phi) is 6.82. The SMILES string of the molecule is NC1(c2ccc(-c3ccc([C@@H](OP(=O)([O-])O)[C@@H](CF)NC(=O)C(F)F)cc3)cn2)CC1. The van der Waals surface area contributed by atoms with E-state index >= 15 is 0 Å². The molecule has 0 bridgehead atoms. The highest BCUT2D eigenvalue weighted by Gasteiger charge is 2.41. The van der Waals surface area contributed by atoms with E-state index in [2.05, 4.69) is 9.51 Å². The first kappa shape index (κ1) is 23.4. The molecule has 1 saturated carbocycles. The summed E-state index contributed by atoms with van der Waals surface area (Å²) in [4.78, 5) is 35.9. The molecule has 4 N–H and O–H groups in total. The molecule has 0 aliphatic heterocycles. The highest BCUT2D eigenvalue weighted by molar-refractivity contribution is 7.44. The number of pyridine rings is 1. The molecule has 12 heteroatoms. The summed E-state index contributed by atoms with van der Waals surface area (Å²) in [5, 5.41) is 1.68. The van der Waals surface area contributed by atoms with Gasteiger partial charge in [-0.2, -0.15) is 8.78 Å². The average Bonchev–Trinajstić information content (AvgIpc) is 3.48. The third-order valence-electron chi connectivity index (χ3n) is 4.94. The Morgan fingerprint density at radius 3 is 2.32 bits per heavy atom. The van der Waals surface area contributed by atoms with Gasteiger partial charge in [-0.05, 0) is 30.0 Å². The molecule has 1 fully saturated rings. The van der Waals surface area contributed by atoms with E-state index in [1.54, 1.807) is 29.7 Å². The minimum atomic E-state index is -5.38. The van der Waals surface area contributed by atoms with E-state index < -0.39 is 39.0 Å². The number of rotatable bonds is 9. The fourth-order valence-electron chi connectivity index (χ4n) is 3.07. The number of carbonyl (C=O) groups is 1. The number of phosphoric acid groups is 1. The van der Waals surface area contributed by atoms with E-state index in [1.165, 1.54) is 12.1 Å². The van der Waals surface area contributed by atoms with Gasteiger partial charge < -0.3 is 25.4 Å². The molecular formula is C19H20F3N3O5P-. The molecule has 3 atom stereocenters. The second kappa shape index (κ2) is 9.05. The largest absolute Gasteiger partial charge is 0.756 e. The van der Waals surface area contributed by atoms with E-state index in [4.69, 9.17) is 10.6 Å². The molecule has 0 spiro atoms. The number of halogens is 3. The molecule has 1 amide bonds. The highest BCUT2D eigenvalue weighted by Crippen LogP contribution is 2.42. The minimum absolute atomic E-state index is 0.0366. The first-order valence-corrected chi connectivity index (χ1v) is 10.7. The first-order valence-electron chi connectivity index (χ1n) is 9.25. The summed E-state index contributed by atoms with van der Waals surface area (Å²) in [5.74, 6) is -1.80. The second-order valence-corrected chi connectivity index (χ2v) is 8.42. The fraction of sp³-hybridized carbons (Fsp3) is 0.368. The maximum Gasteiger partial charge on any atom is 0.315 e. The molecule has 31 heavy (non-hydrogen) atoms. The molecule has 1 unspecified atom stereocenters. The molecule has 1 aromatic carbocycles. The molecule has 0 saturated heterocycles. The van der Waals surface area contributed by atoms with Crippen molar-refractivity contribution in [1.82, 2.24) is 10.3 Å². The number of aromatic nitrogens is 1. The number of nitrogens with two attached hydrogens (primary N) is 1. The van der Waals surface area contributed by atoms with Crippen LogP contribution >= 0.6 is 7.82 Å². The van der Waals surface area contributed by atoms with Crippen LogP contribution in [0.25, 0.3) is 11.1 Å². The minimum Gasteiger partial charge on any atom is -0.756 e. The maximum absolute atomic E-state index is 13.4. The lowest BCUT2D eigenvalue weighted by Gasteiger charge is -2.30. The maximum atomic E-state index is 13.4. The number of phosphoric ester groups is 1. The van der Waals surface area contributed by atoms with Gasteiger partial charge in [-0.25, -0.2) is 4.39 Å². The third kappa shape index (κ3) is 5.90. The average molecular weight is 458 g/mol. The molecule has 168 valence electrons. The molecular weight excluding hydrogens is 438 g/mol. The van der Waals surface area contributed by atoms with Crippen LogP contribution in [0.3, 0.4) is 0 Å². The predicted molar refractivity (Wildman–Crippen MR) is 102 cm³/mol. The summed E-state index contributed by atoms with van der Waals surface area (Å²) < 4.78 is 54.2. The van der Waals surface area contributed by atoms with E-state index in [1.807, 2.05) is 6.07 Å².